The summed E-state index contributed by atoms with van der Waals surface area (Å²) in [7, 11) is 0. The van der Waals surface area contributed by atoms with E-state index in [1.165, 1.54) is 129 Å². The van der Waals surface area contributed by atoms with Crippen molar-refractivity contribution in [3.05, 3.63) is 206 Å². The molecule has 0 bridgehead atoms. The summed E-state index contributed by atoms with van der Waals surface area (Å²) in [6, 6.07) is 77.0. The van der Waals surface area contributed by atoms with Crippen LogP contribution in [-0.4, -0.2) is 0 Å². The number of benzene rings is 12. The number of hydrogen-bond acceptors (Lipinski definition) is 1. The van der Waals surface area contributed by atoms with Gasteiger partial charge in [0.25, 0.3) is 0 Å². The first-order valence-electron chi connectivity index (χ1n) is 20.4. The summed E-state index contributed by atoms with van der Waals surface area (Å²) in [6.07, 6.45) is 0. The minimum absolute atomic E-state index is 1.22. The second-order valence-electron chi connectivity index (χ2n) is 16.0. The predicted molar refractivity (Wildman–Crippen MR) is 257 cm³/mol. The molecule has 0 atom stereocenters. The summed E-state index contributed by atoms with van der Waals surface area (Å²) in [4.78, 5) is 0. The van der Waals surface area contributed by atoms with Gasteiger partial charge in [-0.3, -0.25) is 0 Å². The lowest BCUT2D eigenvalue weighted by atomic mass is 9.86. The van der Waals surface area contributed by atoms with Crippen molar-refractivity contribution in [2.75, 3.05) is 0 Å². The Hall–Kier alpha value is -7.32. The molecule has 1 heteroatoms. The SMILES string of the molecule is c1ccc(-c2cc(-c3ccccc3)cc(-c3ccc4ccc5c(-c6ccc7c(c6)sc6cc8c9ccccc9c9ccccc9c8cc67)ccc6ccc3c4c65)c2)cc1. The molecule has 0 N–H and O–H groups in total. The third-order valence-corrected chi connectivity index (χ3v) is 13.9. The van der Waals surface area contributed by atoms with E-state index in [0.29, 0.717) is 0 Å². The van der Waals surface area contributed by atoms with Crippen molar-refractivity contribution < 1.29 is 0 Å². The second-order valence-corrected chi connectivity index (χ2v) is 17.1. The highest BCUT2D eigenvalue weighted by Gasteiger charge is 2.18. The van der Waals surface area contributed by atoms with Crippen LogP contribution in [0.1, 0.15) is 0 Å². The maximum Gasteiger partial charge on any atom is 0.0362 e. The van der Waals surface area contributed by atoms with Crippen LogP contribution in [0.4, 0.5) is 0 Å². The summed E-state index contributed by atoms with van der Waals surface area (Å²) in [6.45, 7) is 0. The maximum atomic E-state index is 2.45. The summed E-state index contributed by atoms with van der Waals surface area (Å²) < 4.78 is 2.65. The first-order valence-corrected chi connectivity index (χ1v) is 21.2. The van der Waals surface area contributed by atoms with Gasteiger partial charge in [0.05, 0.1) is 0 Å². The Morgan fingerprint density at radius 2 is 0.661 bits per heavy atom. The Kier molecular flexibility index (Phi) is 6.98. The monoisotopic (exact) mass is 762 g/mol. The molecule has 13 rings (SSSR count). The van der Waals surface area contributed by atoms with Crippen molar-refractivity contribution >= 4 is 96.1 Å². The van der Waals surface area contributed by atoms with Crippen LogP contribution in [0.15, 0.2) is 206 Å². The first-order chi connectivity index (χ1) is 29.2. The smallest absolute Gasteiger partial charge is 0.0362 e. The van der Waals surface area contributed by atoms with Crippen molar-refractivity contribution in [2.24, 2.45) is 0 Å². The van der Waals surface area contributed by atoms with Crippen LogP contribution >= 0.6 is 11.3 Å². The zero-order valence-electron chi connectivity index (χ0n) is 32.0. The van der Waals surface area contributed by atoms with Gasteiger partial charge in [-0.05, 0) is 146 Å². The summed E-state index contributed by atoms with van der Waals surface area (Å²) >= 11 is 1.91. The molecule has 0 aliphatic rings. The Morgan fingerprint density at radius 1 is 0.220 bits per heavy atom. The molecule has 0 nitrogen and oxygen atoms in total. The topological polar surface area (TPSA) is 0 Å². The average molecular weight is 763 g/mol. The molecular formula is C58H34S. The lowest BCUT2D eigenvalue weighted by molar-refractivity contribution is 1.58. The zero-order chi connectivity index (χ0) is 38.6. The number of rotatable bonds is 4. The van der Waals surface area contributed by atoms with E-state index < -0.39 is 0 Å². The van der Waals surface area contributed by atoms with E-state index in [2.05, 4.69) is 206 Å². The Morgan fingerprint density at radius 3 is 1.24 bits per heavy atom. The number of hydrogen-bond donors (Lipinski definition) is 0. The molecule has 272 valence electrons. The van der Waals surface area contributed by atoms with E-state index in [9.17, 15) is 0 Å². The molecule has 0 spiro atoms. The number of fused-ring (bicyclic) bond motifs is 9. The van der Waals surface area contributed by atoms with Crippen molar-refractivity contribution in [3.8, 4) is 44.5 Å². The molecular weight excluding hydrogens is 729 g/mol. The molecule has 0 aliphatic heterocycles. The standard InChI is InChI=1S/C58H34S/c1-3-11-35(12-4-1)40-29-41(36-13-5-2-6-14-36)31-42(30-40)44-25-20-38-21-27-50-43(24-19-37-22-28-51(44)58(38)57(37)50)39-23-26-49-54-33-52-47-17-9-7-15-45(47)46-16-8-10-18-48(46)53(52)34-56(54)59-55(49)32-39/h1-34H. The fourth-order valence-electron chi connectivity index (χ4n) is 10.0. The van der Waals surface area contributed by atoms with Gasteiger partial charge in [0.2, 0.25) is 0 Å². The third kappa shape index (κ3) is 4.96. The van der Waals surface area contributed by atoms with Crippen molar-refractivity contribution in [1.82, 2.24) is 0 Å². The van der Waals surface area contributed by atoms with Crippen LogP contribution < -0.4 is 0 Å². The molecule has 0 amide bonds. The molecule has 0 unspecified atom stereocenters. The van der Waals surface area contributed by atoms with E-state index in [0.717, 1.165) is 0 Å². The minimum Gasteiger partial charge on any atom is -0.135 e. The van der Waals surface area contributed by atoms with Gasteiger partial charge in [0, 0.05) is 20.2 Å². The van der Waals surface area contributed by atoms with Gasteiger partial charge >= 0.3 is 0 Å². The van der Waals surface area contributed by atoms with Crippen LogP contribution in [0.25, 0.3) is 129 Å². The molecule has 1 aromatic heterocycles. The predicted octanol–water partition coefficient (Wildman–Crippen LogP) is 17.1. The second kappa shape index (κ2) is 12.6. The fourth-order valence-corrected chi connectivity index (χ4v) is 11.2. The highest BCUT2D eigenvalue weighted by molar-refractivity contribution is 7.26. The van der Waals surface area contributed by atoms with E-state index >= 15 is 0 Å². The van der Waals surface area contributed by atoms with Crippen LogP contribution in [-0.2, 0) is 0 Å². The van der Waals surface area contributed by atoms with Gasteiger partial charge in [-0.1, -0.05) is 170 Å². The first kappa shape index (κ1) is 32.7. The Bertz CT molecular complexity index is 3760. The van der Waals surface area contributed by atoms with Gasteiger partial charge in [-0.25, -0.2) is 0 Å². The van der Waals surface area contributed by atoms with Gasteiger partial charge in [-0.15, -0.1) is 11.3 Å². The zero-order valence-corrected chi connectivity index (χ0v) is 32.9. The minimum atomic E-state index is 1.22. The highest BCUT2D eigenvalue weighted by atomic mass is 32.1. The summed E-state index contributed by atoms with van der Waals surface area (Å²) in [5.74, 6) is 0. The van der Waals surface area contributed by atoms with E-state index in [1.807, 2.05) is 11.3 Å². The van der Waals surface area contributed by atoms with Crippen molar-refractivity contribution in [1.29, 1.82) is 0 Å². The van der Waals surface area contributed by atoms with Crippen molar-refractivity contribution in [2.45, 2.75) is 0 Å². The quantitative estimate of drug-likeness (QED) is 0.157. The largest absolute Gasteiger partial charge is 0.135 e. The third-order valence-electron chi connectivity index (χ3n) is 12.8. The normalized spacial score (nSPS) is 12.1. The van der Waals surface area contributed by atoms with Crippen LogP contribution in [0.3, 0.4) is 0 Å². The Balaban J connectivity index is 0.996. The van der Waals surface area contributed by atoms with Crippen LogP contribution in [0.5, 0.6) is 0 Å². The van der Waals surface area contributed by atoms with Gasteiger partial charge in [0.1, 0.15) is 0 Å². The van der Waals surface area contributed by atoms with E-state index in [-0.39, 0.29) is 0 Å². The molecule has 59 heavy (non-hydrogen) atoms. The molecule has 0 aliphatic carbocycles. The molecule has 13 aromatic rings. The van der Waals surface area contributed by atoms with Gasteiger partial charge in [0.15, 0.2) is 0 Å². The maximum absolute atomic E-state index is 2.45. The van der Waals surface area contributed by atoms with Gasteiger partial charge in [-0.2, -0.15) is 0 Å². The summed E-state index contributed by atoms with van der Waals surface area (Å²) in [5.41, 5.74) is 9.91. The van der Waals surface area contributed by atoms with Crippen LogP contribution in [0.2, 0.25) is 0 Å². The lowest BCUT2D eigenvalue weighted by Gasteiger charge is -2.17. The molecule has 0 fully saturated rings. The van der Waals surface area contributed by atoms with E-state index in [1.54, 1.807) is 0 Å². The molecule has 0 saturated heterocycles. The Labute approximate surface area is 345 Å². The van der Waals surface area contributed by atoms with Crippen LogP contribution in [0, 0.1) is 0 Å². The van der Waals surface area contributed by atoms with Crippen molar-refractivity contribution in [3.63, 3.8) is 0 Å². The lowest BCUT2D eigenvalue weighted by Crippen LogP contribution is -1.90. The number of thiophene rings is 1. The fraction of sp³-hybridized carbons (Fsp3) is 0. The molecule has 12 aromatic carbocycles. The average Bonchev–Trinajstić information content (AvgIpc) is 3.67. The highest BCUT2D eigenvalue weighted by Crippen LogP contribution is 2.46. The molecule has 0 saturated carbocycles. The molecule has 0 radical (unpaired) electrons. The van der Waals surface area contributed by atoms with Gasteiger partial charge < -0.3 is 0 Å². The summed E-state index contributed by atoms with van der Waals surface area (Å²) in [5, 5.41) is 18.4. The van der Waals surface area contributed by atoms with E-state index in [4.69, 9.17) is 0 Å². The molecule has 1 heterocycles.